The zero-order valence-corrected chi connectivity index (χ0v) is 19.3. The molecule has 0 unspecified atom stereocenters. The minimum atomic E-state index is -4.43. The highest BCUT2D eigenvalue weighted by Gasteiger charge is 2.31. The Hall–Kier alpha value is -2.49. The first kappa shape index (κ1) is 26.1. The minimum absolute atomic E-state index is 0.125. The summed E-state index contributed by atoms with van der Waals surface area (Å²) in [5.41, 5.74) is 1.17. The lowest BCUT2D eigenvalue weighted by Crippen LogP contribution is -2.39. The van der Waals surface area contributed by atoms with Gasteiger partial charge in [-0.25, -0.2) is 4.39 Å². The van der Waals surface area contributed by atoms with E-state index in [2.05, 4.69) is 5.16 Å². The van der Waals surface area contributed by atoms with Gasteiger partial charge in [-0.2, -0.15) is 13.2 Å². The molecule has 0 aliphatic carbocycles. The van der Waals surface area contributed by atoms with Crippen molar-refractivity contribution >= 4 is 5.71 Å². The van der Waals surface area contributed by atoms with E-state index in [1.54, 1.807) is 18.2 Å². The summed E-state index contributed by atoms with van der Waals surface area (Å²) in [5.74, 6) is -0.0249. The molecule has 9 heteroatoms. The zero-order valence-electron chi connectivity index (χ0n) is 19.3. The Morgan fingerprint density at radius 2 is 1.88 bits per heavy atom. The van der Waals surface area contributed by atoms with Crippen LogP contribution in [0.5, 0.6) is 0 Å². The Kier molecular flexibility index (Phi) is 9.04. The summed E-state index contributed by atoms with van der Waals surface area (Å²) in [4.78, 5) is 7.39. The third-order valence-electron chi connectivity index (χ3n) is 5.26. The predicted octanol–water partition coefficient (Wildman–Crippen LogP) is 4.87. The van der Waals surface area contributed by atoms with E-state index >= 15 is 0 Å². The molecule has 1 aliphatic rings. The number of ether oxygens (including phenoxy) is 1. The van der Waals surface area contributed by atoms with Crippen molar-refractivity contribution in [2.24, 2.45) is 11.1 Å². The number of nitrogens with zero attached hydrogens (tertiary/aromatic N) is 2. The van der Waals surface area contributed by atoms with Crippen LogP contribution in [0, 0.1) is 11.7 Å². The number of rotatable bonds is 11. The zero-order chi connectivity index (χ0) is 24.7. The van der Waals surface area contributed by atoms with Crippen LogP contribution >= 0.6 is 0 Å². The topological polar surface area (TPSA) is 54.3 Å². The van der Waals surface area contributed by atoms with E-state index in [-0.39, 0.29) is 31.6 Å². The third kappa shape index (κ3) is 8.07. The van der Waals surface area contributed by atoms with Gasteiger partial charge in [-0.3, -0.25) is 4.90 Å². The van der Waals surface area contributed by atoms with Crippen LogP contribution in [0.2, 0.25) is 0 Å². The van der Waals surface area contributed by atoms with Crippen LogP contribution in [0.4, 0.5) is 17.6 Å². The van der Waals surface area contributed by atoms with Crippen LogP contribution in [0.3, 0.4) is 0 Å². The molecule has 0 bridgehead atoms. The molecule has 3 rings (SSSR count). The van der Waals surface area contributed by atoms with Gasteiger partial charge in [-0.1, -0.05) is 49.3 Å². The molecule has 1 heterocycles. The van der Waals surface area contributed by atoms with E-state index in [1.807, 2.05) is 18.7 Å². The van der Waals surface area contributed by atoms with E-state index in [1.165, 1.54) is 18.2 Å². The quantitative estimate of drug-likeness (QED) is 0.464. The highest BCUT2D eigenvalue weighted by atomic mass is 19.4. The summed E-state index contributed by atoms with van der Waals surface area (Å²) in [5, 5.41) is 14.6. The highest BCUT2D eigenvalue weighted by Crippen LogP contribution is 2.30. The lowest BCUT2D eigenvalue weighted by molar-refractivity contribution is -0.137. The highest BCUT2D eigenvalue weighted by molar-refractivity contribution is 6.01. The van der Waals surface area contributed by atoms with E-state index in [0.717, 1.165) is 17.7 Å². The van der Waals surface area contributed by atoms with Gasteiger partial charge in [-0.05, 0) is 35.2 Å². The van der Waals surface area contributed by atoms with Crippen LogP contribution in [0.1, 0.15) is 37.0 Å². The Labute approximate surface area is 197 Å². The maximum atomic E-state index is 13.2. The number of alkyl halides is 3. The van der Waals surface area contributed by atoms with Crippen LogP contribution in [-0.2, 0) is 22.3 Å². The van der Waals surface area contributed by atoms with Gasteiger partial charge in [0.1, 0.15) is 11.9 Å². The molecule has 2 aromatic carbocycles. The molecule has 1 aliphatic heterocycles. The monoisotopic (exact) mass is 482 g/mol. The maximum absolute atomic E-state index is 13.2. The molecule has 2 atom stereocenters. The molecule has 186 valence electrons. The summed E-state index contributed by atoms with van der Waals surface area (Å²) in [7, 11) is 0. The predicted molar refractivity (Wildman–Crippen MR) is 121 cm³/mol. The van der Waals surface area contributed by atoms with Crippen molar-refractivity contribution in [2.45, 2.75) is 45.2 Å². The Morgan fingerprint density at radius 3 is 2.56 bits per heavy atom. The molecule has 0 saturated carbocycles. The molecule has 0 fully saturated rings. The Balaban J connectivity index is 1.66. The molecule has 0 aromatic heterocycles. The van der Waals surface area contributed by atoms with Gasteiger partial charge in [0.15, 0.2) is 0 Å². The van der Waals surface area contributed by atoms with Crippen molar-refractivity contribution in [3.05, 3.63) is 71.0 Å². The SMILES string of the molecule is CC(C)COC[C@@H](O)CN(Cc1cccc(C(F)(F)F)c1)C[C@@H]1CC(c2ccc(F)cc2)=NO1. The first-order valence-corrected chi connectivity index (χ1v) is 11.2. The molecule has 34 heavy (non-hydrogen) atoms. The first-order chi connectivity index (χ1) is 16.1. The Morgan fingerprint density at radius 1 is 1.15 bits per heavy atom. The standard InChI is InChI=1S/C25H30F4N2O3/c1-17(2)15-33-16-22(32)13-31(12-18-4-3-5-20(10-18)25(27,28)29)14-23-11-24(30-34-23)19-6-8-21(26)9-7-19/h3-10,17,22-23,32H,11-16H2,1-2H3/t22-,23-/m0/s1. The second-order valence-corrected chi connectivity index (χ2v) is 8.95. The molecule has 0 amide bonds. The van der Waals surface area contributed by atoms with Gasteiger partial charge in [0.2, 0.25) is 0 Å². The summed E-state index contributed by atoms with van der Waals surface area (Å²) in [6, 6.07) is 11.1. The van der Waals surface area contributed by atoms with E-state index in [0.29, 0.717) is 36.8 Å². The van der Waals surface area contributed by atoms with Gasteiger partial charge in [0.05, 0.1) is 24.0 Å². The maximum Gasteiger partial charge on any atom is 0.416 e. The van der Waals surface area contributed by atoms with Gasteiger partial charge < -0.3 is 14.7 Å². The number of aliphatic hydroxyl groups excluding tert-OH is 1. The normalized spacial score (nSPS) is 17.2. The van der Waals surface area contributed by atoms with E-state index in [4.69, 9.17) is 9.57 Å². The van der Waals surface area contributed by atoms with Crippen LogP contribution < -0.4 is 0 Å². The van der Waals surface area contributed by atoms with Crippen molar-refractivity contribution in [2.75, 3.05) is 26.3 Å². The minimum Gasteiger partial charge on any atom is -0.390 e. The molecule has 1 N–H and O–H groups in total. The number of oxime groups is 1. The van der Waals surface area contributed by atoms with E-state index < -0.39 is 17.8 Å². The van der Waals surface area contributed by atoms with Crippen molar-refractivity contribution in [3.63, 3.8) is 0 Å². The largest absolute Gasteiger partial charge is 0.416 e. The fraction of sp³-hybridized carbons (Fsp3) is 0.480. The number of hydrogen-bond donors (Lipinski definition) is 1. The molecule has 0 spiro atoms. The lowest BCUT2D eigenvalue weighted by atomic mass is 10.0. The summed E-state index contributed by atoms with van der Waals surface area (Å²) in [6.07, 6.45) is -5.14. The van der Waals surface area contributed by atoms with Crippen molar-refractivity contribution in [3.8, 4) is 0 Å². The van der Waals surface area contributed by atoms with Crippen molar-refractivity contribution in [1.29, 1.82) is 0 Å². The lowest BCUT2D eigenvalue weighted by Gasteiger charge is -2.27. The molecule has 5 nitrogen and oxygen atoms in total. The summed E-state index contributed by atoms with van der Waals surface area (Å²) in [6.45, 7) is 5.36. The third-order valence-corrected chi connectivity index (χ3v) is 5.26. The number of hydrogen-bond acceptors (Lipinski definition) is 5. The number of halogens is 4. The van der Waals surface area contributed by atoms with Crippen LogP contribution in [0.15, 0.2) is 53.7 Å². The van der Waals surface area contributed by atoms with Crippen LogP contribution in [-0.4, -0.2) is 54.2 Å². The number of benzene rings is 2. The van der Waals surface area contributed by atoms with Gasteiger partial charge in [-0.15, -0.1) is 0 Å². The summed E-state index contributed by atoms with van der Waals surface area (Å²) >= 11 is 0. The molecular weight excluding hydrogens is 452 g/mol. The molecule has 0 saturated heterocycles. The Bertz CT molecular complexity index is 948. The van der Waals surface area contributed by atoms with Crippen molar-refractivity contribution in [1.82, 2.24) is 4.90 Å². The second kappa shape index (κ2) is 11.8. The first-order valence-electron chi connectivity index (χ1n) is 11.2. The smallest absolute Gasteiger partial charge is 0.390 e. The van der Waals surface area contributed by atoms with Crippen molar-refractivity contribution < 1.29 is 32.2 Å². The average molecular weight is 483 g/mol. The van der Waals surface area contributed by atoms with Crippen LogP contribution in [0.25, 0.3) is 0 Å². The van der Waals surface area contributed by atoms with Gasteiger partial charge in [0, 0.05) is 32.7 Å². The fourth-order valence-corrected chi connectivity index (χ4v) is 3.73. The fourth-order valence-electron chi connectivity index (χ4n) is 3.73. The summed E-state index contributed by atoms with van der Waals surface area (Å²) < 4.78 is 58.2. The van der Waals surface area contributed by atoms with Gasteiger partial charge in [0.25, 0.3) is 0 Å². The van der Waals surface area contributed by atoms with E-state index in [9.17, 15) is 22.7 Å². The number of aliphatic hydroxyl groups is 1. The molecular formula is C25H30F4N2O3. The molecule has 2 aromatic rings. The van der Waals surface area contributed by atoms with Gasteiger partial charge >= 0.3 is 6.18 Å². The second-order valence-electron chi connectivity index (χ2n) is 8.95. The molecule has 0 radical (unpaired) electrons. The average Bonchev–Trinajstić information content (AvgIpc) is 3.22.